The average molecular weight is 257 g/mol. The molecule has 19 heavy (non-hydrogen) atoms. The Morgan fingerprint density at radius 2 is 2.00 bits per heavy atom. The van der Waals surface area contributed by atoms with Gasteiger partial charge >= 0.3 is 0 Å². The van der Waals surface area contributed by atoms with Gasteiger partial charge in [-0.3, -0.25) is 0 Å². The maximum atomic E-state index is 4.67. The van der Waals surface area contributed by atoms with Crippen molar-refractivity contribution in [1.82, 2.24) is 15.1 Å². The molecule has 0 aliphatic rings. The number of hydrogen-bond donors (Lipinski definition) is 1. The zero-order valence-corrected chi connectivity index (χ0v) is 12.3. The molecule has 0 atom stereocenters. The van der Waals surface area contributed by atoms with Crippen LogP contribution >= 0.6 is 0 Å². The van der Waals surface area contributed by atoms with Crippen molar-refractivity contribution in [2.24, 2.45) is 0 Å². The maximum Gasteiger partial charge on any atom is 0.0652 e. The summed E-state index contributed by atoms with van der Waals surface area (Å²) in [5, 5.41) is 8.02. The van der Waals surface area contributed by atoms with Crippen LogP contribution in [0.2, 0.25) is 0 Å². The van der Waals surface area contributed by atoms with E-state index in [2.05, 4.69) is 67.1 Å². The van der Waals surface area contributed by atoms with E-state index in [9.17, 15) is 0 Å². The molecule has 0 fully saturated rings. The van der Waals surface area contributed by atoms with E-state index < -0.39 is 0 Å². The first-order valence-corrected chi connectivity index (χ1v) is 7.02. The summed E-state index contributed by atoms with van der Waals surface area (Å²) in [5.74, 6) is 0. The Morgan fingerprint density at radius 3 is 2.63 bits per heavy atom. The van der Waals surface area contributed by atoms with Crippen molar-refractivity contribution in [3.05, 3.63) is 46.8 Å². The molecule has 0 saturated carbocycles. The van der Waals surface area contributed by atoms with E-state index in [0.29, 0.717) is 0 Å². The number of nitrogens with zero attached hydrogens (tertiary/aromatic N) is 2. The summed E-state index contributed by atoms with van der Waals surface area (Å²) in [7, 11) is 0. The molecular formula is C16H23N3. The predicted octanol–water partition coefficient (Wildman–Crippen LogP) is 3.16. The SMILES string of the molecule is CCNCc1cccc(-n2nc(C)c(CC)c2C)c1. The van der Waals surface area contributed by atoms with Crippen molar-refractivity contribution in [2.45, 2.75) is 40.7 Å². The number of hydrogen-bond acceptors (Lipinski definition) is 2. The van der Waals surface area contributed by atoms with Crippen molar-refractivity contribution in [3.63, 3.8) is 0 Å². The smallest absolute Gasteiger partial charge is 0.0652 e. The van der Waals surface area contributed by atoms with Crippen LogP contribution in [-0.2, 0) is 13.0 Å². The van der Waals surface area contributed by atoms with Gasteiger partial charge in [-0.25, -0.2) is 4.68 Å². The van der Waals surface area contributed by atoms with Crippen LogP contribution in [0.4, 0.5) is 0 Å². The Balaban J connectivity index is 2.36. The van der Waals surface area contributed by atoms with E-state index in [0.717, 1.165) is 30.9 Å². The fraction of sp³-hybridized carbons (Fsp3) is 0.438. The minimum atomic E-state index is 0.907. The summed E-state index contributed by atoms with van der Waals surface area (Å²) in [4.78, 5) is 0. The number of benzene rings is 1. The lowest BCUT2D eigenvalue weighted by atomic mass is 10.1. The predicted molar refractivity (Wildman–Crippen MR) is 79.8 cm³/mol. The summed E-state index contributed by atoms with van der Waals surface area (Å²) in [6.07, 6.45) is 1.04. The van der Waals surface area contributed by atoms with Gasteiger partial charge in [0.1, 0.15) is 0 Å². The van der Waals surface area contributed by atoms with Crippen LogP contribution in [-0.4, -0.2) is 16.3 Å². The van der Waals surface area contributed by atoms with Crippen molar-refractivity contribution in [1.29, 1.82) is 0 Å². The van der Waals surface area contributed by atoms with Gasteiger partial charge in [-0.05, 0) is 50.1 Å². The van der Waals surface area contributed by atoms with E-state index in [4.69, 9.17) is 0 Å². The number of aromatic nitrogens is 2. The topological polar surface area (TPSA) is 29.9 Å². The summed E-state index contributed by atoms with van der Waals surface area (Å²) in [6, 6.07) is 8.58. The van der Waals surface area contributed by atoms with E-state index >= 15 is 0 Å². The highest BCUT2D eigenvalue weighted by molar-refractivity contribution is 5.39. The Bertz CT molecular complexity index is 555. The quantitative estimate of drug-likeness (QED) is 0.891. The Labute approximate surface area is 115 Å². The molecule has 0 unspecified atom stereocenters. The van der Waals surface area contributed by atoms with Crippen LogP contribution in [0.1, 0.15) is 36.4 Å². The van der Waals surface area contributed by atoms with Gasteiger partial charge in [-0.15, -0.1) is 0 Å². The second-order valence-electron chi connectivity index (χ2n) is 4.86. The fourth-order valence-corrected chi connectivity index (χ4v) is 2.51. The summed E-state index contributed by atoms with van der Waals surface area (Å²) in [5.41, 5.74) is 6.19. The van der Waals surface area contributed by atoms with Crippen LogP contribution in [0.5, 0.6) is 0 Å². The second-order valence-corrected chi connectivity index (χ2v) is 4.86. The summed E-state index contributed by atoms with van der Waals surface area (Å²) < 4.78 is 2.06. The third-order valence-corrected chi connectivity index (χ3v) is 3.53. The molecule has 0 radical (unpaired) electrons. The molecule has 102 valence electrons. The molecule has 3 nitrogen and oxygen atoms in total. The number of nitrogens with one attached hydrogen (secondary N) is 1. The normalized spacial score (nSPS) is 10.9. The highest BCUT2D eigenvalue weighted by Crippen LogP contribution is 2.19. The lowest BCUT2D eigenvalue weighted by Crippen LogP contribution is -2.12. The molecule has 3 heteroatoms. The van der Waals surface area contributed by atoms with Crippen molar-refractivity contribution in [2.75, 3.05) is 6.54 Å². The van der Waals surface area contributed by atoms with E-state index in [1.807, 2.05) is 0 Å². The van der Waals surface area contributed by atoms with Crippen LogP contribution in [0, 0.1) is 13.8 Å². The molecule has 0 bridgehead atoms. The first kappa shape index (κ1) is 13.8. The van der Waals surface area contributed by atoms with Gasteiger partial charge in [0.05, 0.1) is 11.4 Å². The van der Waals surface area contributed by atoms with Crippen LogP contribution in [0.25, 0.3) is 5.69 Å². The molecule has 1 aromatic carbocycles. The summed E-state index contributed by atoms with van der Waals surface area (Å²) >= 11 is 0. The zero-order valence-electron chi connectivity index (χ0n) is 12.3. The van der Waals surface area contributed by atoms with Gasteiger partial charge in [0.15, 0.2) is 0 Å². The third kappa shape index (κ3) is 2.87. The highest BCUT2D eigenvalue weighted by Gasteiger charge is 2.11. The highest BCUT2D eigenvalue weighted by atomic mass is 15.3. The van der Waals surface area contributed by atoms with Crippen molar-refractivity contribution in [3.8, 4) is 5.69 Å². The standard InChI is InChI=1S/C16H23N3/c1-5-16-12(3)18-19(13(16)4)15-9-7-8-14(10-15)11-17-6-2/h7-10,17H,5-6,11H2,1-4H3. The van der Waals surface area contributed by atoms with Gasteiger partial charge in [0.2, 0.25) is 0 Å². The molecule has 0 spiro atoms. The summed E-state index contributed by atoms with van der Waals surface area (Å²) in [6.45, 7) is 10.4. The second kappa shape index (κ2) is 6.02. The zero-order chi connectivity index (χ0) is 13.8. The lowest BCUT2D eigenvalue weighted by molar-refractivity contribution is 0.724. The average Bonchev–Trinajstić information content (AvgIpc) is 2.71. The van der Waals surface area contributed by atoms with Gasteiger partial charge < -0.3 is 5.32 Å². The minimum absolute atomic E-state index is 0.907. The third-order valence-electron chi connectivity index (χ3n) is 3.53. The van der Waals surface area contributed by atoms with Crippen molar-refractivity contribution >= 4 is 0 Å². The Morgan fingerprint density at radius 1 is 1.21 bits per heavy atom. The fourth-order valence-electron chi connectivity index (χ4n) is 2.51. The van der Waals surface area contributed by atoms with Gasteiger partial charge in [-0.2, -0.15) is 5.10 Å². The van der Waals surface area contributed by atoms with E-state index in [1.165, 1.54) is 16.8 Å². The van der Waals surface area contributed by atoms with Crippen LogP contribution in [0.3, 0.4) is 0 Å². The molecule has 1 N–H and O–H groups in total. The molecule has 1 heterocycles. The molecule has 0 aliphatic heterocycles. The number of aryl methyl sites for hydroxylation is 1. The van der Waals surface area contributed by atoms with Gasteiger partial charge in [0.25, 0.3) is 0 Å². The monoisotopic (exact) mass is 257 g/mol. The van der Waals surface area contributed by atoms with Gasteiger partial charge in [-0.1, -0.05) is 26.0 Å². The first-order valence-electron chi connectivity index (χ1n) is 7.02. The molecule has 0 saturated heterocycles. The molecule has 2 rings (SSSR count). The molecule has 1 aromatic heterocycles. The first-order chi connectivity index (χ1) is 9.17. The van der Waals surface area contributed by atoms with Crippen molar-refractivity contribution < 1.29 is 0 Å². The molecule has 0 aliphatic carbocycles. The molecule has 0 amide bonds. The molecular weight excluding hydrogens is 234 g/mol. The lowest BCUT2D eigenvalue weighted by Gasteiger charge is -2.08. The minimum Gasteiger partial charge on any atom is -0.313 e. The van der Waals surface area contributed by atoms with Gasteiger partial charge in [0, 0.05) is 12.2 Å². The Kier molecular flexibility index (Phi) is 4.38. The van der Waals surface area contributed by atoms with Crippen LogP contribution in [0.15, 0.2) is 24.3 Å². The van der Waals surface area contributed by atoms with E-state index in [1.54, 1.807) is 0 Å². The maximum absolute atomic E-state index is 4.67. The largest absolute Gasteiger partial charge is 0.313 e. The Hall–Kier alpha value is -1.61. The molecule has 2 aromatic rings. The van der Waals surface area contributed by atoms with E-state index in [-0.39, 0.29) is 0 Å². The van der Waals surface area contributed by atoms with Crippen LogP contribution < -0.4 is 5.32 Å². The number of rotatable bonds is 5.